The summed E-state index contributed by atoms with van der Waals surface area (Å²) in [4.78, 5) is 22.9. The van der Waals surface area contributed by atoms with E-state index in [1.54, 1.807) is 12.1 Å². The van der Waals surface area contributed by atoms with Gasteiger partial charge >= 0.3 is 0 Å². The molecule has 9 heteroatoms. The molecular formula is C24H21N5O3S. The maximum Gasteiger partial charge on any atom is 0.269 e. The second kappa shape index (κ2) is 10.6. The van der Waals surface area contributed by atoms with E-state index in [0.29, 0.717) is 23.1 Å². The summed E-state index contributed by atoms with van der Waals surface area (Å²) >= 11 is 1.29. The third-order valence-electron chi connectivity index (χ3n) is 4.90. The molecule has 0 spiro atoms. The largest absolute Gasteiger partial charge is 0.355 e. The first-order chi connectivity index (χ1) is 16.1. The third kappa shape index (κ3) is 5.64. The minimum absolute atomic E-state index is 0.00583. The molecule has 0 saturated carbocycles. The molecule has 1 aromatic heterocycles. The number of carbonyl (C=O) groups is 1. The minimum Gasteiger partial charge on any atom is -0.355 e. The Morgan fingerprint density at radius 3 is 2.27 bits per heavy atom. The number of nitrogens with one attached hydrogen (secondary N) is 1. The monoisotopic (exact) mass is 459 g/mol. The number of hydrogen-bond donors (Lipinski definition) is 1. The molecule has 0 unspecified atom stereocenters. The molecule has 0 aliphatic carbocycles. The highest BCUT2D eigenvalue weighted by molar-refractivity contribution is 7.99. The average molecular weight is 460 g/mol. The highest BCUT2D eigenvalue weighted by Gasteiger charge is 2.18. The summed E-state index contributed by atoms with van der Waals surface area (Å²) in [6, 6.07) is 25.7. The van der Waals surface area contributed by atoms with Gasteiger partial charge in [0.1, 0.15) is 0 Å². The van der Waals surface area contributed by atoms with Gasteiger partial charge < -0.3 is 5.32 Å². The van der Waals surface area contributed by atoms with Crippen LogP contribution in [0.3, 0.4) is 0 Å². The van der Waals surface area contributed by atoms with Crippen LogP contribution in [0.4, 0.5) is 5.69 Å². The van der Waals surface area contributed by atoms with Gasteiger partial charge in [-0.3, -0.25) is 19.5 Å². The summed E-state index contributed by atoms with van der Waals surface area (Å²) in [6.45, 7) is 0.558. The van der Waals surface area contributed by atoms with Gasteiger partial charge in [-0.05, 0) is 36.2 Å². The second-order valence-electron chi connectivity index (χ2n) is 7.16. The lowest BCUT2D eigenvalue weighted by Gasteiger charge is -2.10. The maximum absolute atomic E-state index is 12.4. The van der Waals surface area contributed by atoms with Crippen molar-refractivity contribution >= 4 is 23.4 Å². The van der Waals surface area contributed by atoms with E-state index in [0.717, 1.165) is 12.1 Å². The Hall–Kier alpha value is -3.98. The maximum atomic E-state index is 12.4. The van der Waals surface area contributed by atoms with Crippen molar-refractivity contribution in [1.29, 1.82) is 0 Å². The van der Waals surface area contributed by atoms with Crippen LogP contribution in [0.25, 0.3) is 17.1 Å². The first-order valence-corrected chi connectivity index (χ1v) is 11.3. The van der Waals surface area contributed by atoms with Crippen LogP contribution >= 0.6 is 11.8 Å². The zero-order chi connectivity index (χ0) is 23.0. The Morgan fingerprint density at radius 1 is 0.939 bits per heavy atom. The normalized spacial score (nSPS) is 10.7. The van der Waals surface area contributed by atoms with E-state index in [-0.39, 0.29) is 17.3 Å². The third-order valence-corrected chi connectivity index (χ3v) is 5.82. The summed E-state index contributed by atoms with van der Waals surface area (Å²) in [5.41, 5.74) is 2.70. The molecule has 0 fully saturated rings. The number of para-hydroxylation sites is 1. The van der Waals surface area contributed by atoms with E-state index >= 15 is 0 Å². The van der Waals surface area contributed by atoms with Gasteiger partial charge in [-0.15, -0.1) is 10.2 Å². The predicted molar refractivity (Wildman–Crippen MR) is 127 cm³/mol. The molecule has 33 heavy (non-hydrogen) atoms. The molecule has 1 amide bonds. The molecule has 4 rings (SSSR count). The second-order valence-corrected chi connectivity index (χ2v) is 8.10. The van der Waals surface area contributed by atoms with E-state index in [1.807, 2.05) is 65.2 Å². The average Bonchev–Trinajstić information content (AvgIpc) is 3.28. The molecule has 0 radical (unpaired) electrons. The van der Waals surface area contributed by atoms with Crippen LogP contribution < -0.4 is 5.32 Å². The van der Waals surface area contributed by atoms with Crippen LogP contribution in [-0.4, -0.2) is 37.9 Å². The highest BCUT2D eigenvalue weighted by atomic mass is 32.2. The van der Waals surface area contributed by atoms with Crippen LogP contribution in [0.15, 0.2) is 90.1 Å². The summed E-state index contributed by atoms with van der Waals surface area (Å²) in [7, 11) is 0. The van der Waals surface area contributed by atoms with Crippen LogP contribution in [0, 0.1) is 10.1 Å². The van der Waals surface area contributed by atoms with Crippen molar-refractivity contribution < 1.29 is 9.72 Å². The van der Waals surface area contributed by atoms with Gasteiger partial charge in [0, 0.05) is 29.9 Å². The van der Waals surface area contributed by atoms with E-state index in [4.69, 9.17) is 0 Å². The Morgan fingerprint density at radius 2 is 1.61 bits per heavy atom. The van der Waals surface area contributed by atoms with E-state index in [1.165, 1.54) is 29.5 Å². The van der Waals surface area contributed by atoms with Crippen LogP contribution in [0.2, 0.25) is 0 Å². The van der Waals surface area contributed by atoms with Gasteiger partial charge in [0.15, 0.2) is 11.0 Å². The molecule has 0 atom stereocenters. The summed E-state index contributed by atoms with van der Waals surface area (Å²) in [5.74, 6) is 0.651. The van der Waals surface area contributed by atoms with Gasteiger partial charge in [-0.1, -0.05) is 60.3 Å². The van der Waals surface area contributed by atoms with Crippen molar-refractivity contribution in [1.82, 2.24) is 20.1 Å². The molecule has 0 saturated heterocycles. The van der Waals surface area contributed by atoms with Crippen molar-refractivity contribution in [3.8, 4) is 17.1 Å². The van der Waals surface area contributed by atoms with Gasteiger partial charge in [0.2, 0.25) is 5.91 Å². The summed E-state index contributed by atoms with van der Waals surface area (Å²) < 4.78 is 1.85. The molecule has 1 N–H and O–H groups in total. The molecule has 0 aliphatic rings. The highest BCUT2D eigenvalue weighted by Crippen LogP contribution is 2.28. The number of benzene rings is 3. The molecule has 0 bridgehead atoms. The van der Waals surface area contributed by atoms with Crippen molar-refractivity contribution in [3.05, 3.63) is 101 Å². The Kier molecular flexibility index (Phi) is 7.11. The van der Waals surface area contributed by atoms with Crippen molar-refractivity contribution in [2.24, 2.45) is 0 Å². The quantitative estimate of drug-likeness (QED) is 0.227. The molecular weight excluding hydrogens is 438 g/mol. The summed E-state index contributed by atoms with van der Waals surface area (Å²) in [5, 5.41) is 23.1. The number of nitro benzene ring substituents is 1. The lowest BCUT2D eigenvalue weighted by Crippen LogP contribution is -2.27. The van der Waals surface area contributed by atoms with Crippen LogP contribution in [-0.2, 0) is 11.2 Å². The molecule has 1 heterocycles. The lowest BCUT2D eigenvalue weighted by atomic mass is 10.1. The smallest absolute Gasteiger partial charge is 0.269 e. The standard InChI is InChI=1S/C24H21N5O3S/c30-22(25-16-15-18-7-3-1-4-8-18)17-33-24-27-26-23(28(24)20-9-5-2-6-10-20)19-11-13-21(14-12-19)29(31)32/h1-14H,15-17H2,(H,25,30). The fourth-order valence-electron chi connectivity index (χ4n) is 3.26. The zero-order valence-electron chi connectivity index (χ0n) is 17.6. The van der Waals surface area contributed by atoms with Gasteiger partial charge in [-0.25, -0.2) is 0 Å². The fourth-order valence-corrected chi connectivity index (χ4v) is 4.05. The lowest BCUT2D eigenvalue weighted by molar-refractivity contribution is -0.384. The number of hydrogen-bond acceptors (Lipinski definition) is 6. The molecule has 0 aliphatic heterocycles. The van der Waals surface area contributed by atoms with Crippen LogP contribution in [0.1, 0.15) is 5.56 Å². The number of nitro groups is 1. The SMILES string of the molecule is O=C(CSc1nnc(-c2ccc([N+](=O)[O-])cc2)n1-c1ccccc1)NCCc1ccccc1. The Bertz CT molecular complexity index is 1230. The van der Waals surface area contributed by atoms with Crippen molar-refractivity contribution in [2.45, 2.75) is 11.6 Å². The van der Waals surface area contributed by atoms with Crippen molar-refractivity contribution in [2.75, 3.05) is 12.3 Å². The fraction of sp³-hybridized carbons (Fsp3) is 0.125. The number of non-ortho nitro benzene ring substituents is 1. The molecule has 166 valence electrons. The van der Waals surface area contributed by atoms with Crippen molar-refractivity contribution in [3.63, 3.8) is 0 Å². The Balaban J connectivity index is 1.48. The molecule has 3 aromatic carbocycles. The number of carbonyl (C=O) groups excluding carboxylic acids is 1. The molecule has 4 aromatic rings. The van der Waals surface area contributed by atoms with E-state index < -0.39 is 4.92 Å². The minimum atomic E-state index is -0.441. The van der Waals surface area contributed by atoms with Crippen LogP contribution in [0.5, 0.6) is 0 Å². The zero-order valence-corrected chi connectivity index (χ0v) is 18.4. The van der Waals surface area contributed by atoms with E-state index in [2.05, 4.69) is 15.5 Å². The topological polar surface area (TPSA) is 103 Å². The van der Waals surface area contributed by atoms with Gasteiger partial charge in [0.05, 0.1) is 10.7 Å². The number of aromatic nitrogens is 3. The Labute approximate surface area is 194 Å². The van der Waals surface area contributed by atoms with E-state index in [9.17, 15) is 14.9 Å². The first kappa shape index (κ1) is 22.2. The number of thioether (sulfide) groups is 1. The van der Waals surface area contributed by atoms with Gasteiger partial charge in [-0.2, -0.15) is 0 Å². The number of rotatable bonds is 9. The number of amides is 1. The summed E-state index contributed by atoms with van der Waals surface area (Å²) in [6.07, 6.45) is 0.766. The molecule has 8 nitrogen and oxygen atoms in total. The predicted octanol–water partition coefficient (Wildman–Crippen LogP) is 4.29. The van der Waals surface area contributed by atoms with Gasteiger partial charge in [0.25, 0.3) is 5.69 Å². The first-order valence-electron chi connectivity index (χ1n) is 10.3. The number of nitrogens with zero attached hydrogens (tertiary/aromatic N) is 4.